The summed E-state index contributed by atoms with van der Waals surface area (Å²) in [6.07, 6.45) is -5.84. The van der Waals surface area contributed by atoms with Gasteiger partial charge in [-0.15, -0.1) is 10.2 Å². The normalized spacial score (nSPS) is 11.6. The van der Waals surface area contributed by atoms with Gasteiger partial charge in [0.2, 0.25) is 5.82 Å². The van der Waals surface area contributed by atoms with E-state index in [2.05, 4.69) is 19.9 Å². The van der Waals surface area contributed by atoms with E-state index in [9.17, 15) is 31.5 Å². The molecule has 0 unspecified atom stereocenters. The summed E-state index contributed by atoms with van der Waals surface area (Å²) in [6, 6.07) is 8.88. The third-order valence-corrected chi connectivity index (χ3v) is 5.36. The Morgan fingerprint density at radius 2 is 1.70 bits per heavy atom. The maximum atomic E-state index is 14.4. The zero-order valence-electron chi connectivity index (χ0n) is 18.8. The number of benzene rings is 2. The Balaban J connectivity index is 1.79. The number of esters is 1. The highest BCUT2D eigenvalue weighted by molar-refractivity contribution is 6.30. The molecule has 0 amide bonds. The summed E-state index contributed by atoms with van der Waals surface area (Å²) < 4.78 is 74.3. The van der Waals surface area contributed by atoms with Gasteiger partial charge in [0, 0.05) is 17.1 Å². The number of para-hydroxylation sites is 1. The van der Waals surface area contributed by atoms with Crippen molar-refractivity contribution in [3.8, 4) is 17.1 Å². The number of halogens is 6. The van der Waals surface area contributed by atoms with Crippen molar-refractivity contribution in [1.29, 1.82) is 0 Å². The van der Waals surface area contributed by atoms with E-state index in [0.29, 0.717) is 15.3 Å². The van der Waals surface area contributed by atoms with Crippen LogP contribution in [0.1, 0.15) is 22.9 Å². The molecular formula is C22H16ClF5N6O3. The van der Waals surface area contributed by atoms with Crippen molar-refractivity contribution in [3.05, 3.63) is 81.3 Å². The van der Waals surface area contributed by atoms with E-state index < -0.39 is 60.5 Å². The first-order valence-corrected chi connectivity index (χ1v) is 10.8. The molecule has 194 valence electrons. The first kappa shape index (κ1) is 26.0. The van der Waals surface area contributed by atoms with E-state index in [4.69, 9.17) is 11.6 Å². The summed E-state index contributed by atoms with van der Waals surface area (Å²) in [6.45, 7) is -1.26. The lowest BCUT2D eigenvalue weighted by Crippen LogP contribution is -2.27. The quantitative estimate of drug-likeness (QED) is 0.259. The fourth-order valence-corrected chi connectivity index (χ4v) is 3.55. The molecule has 15 heteroatoms. The third-order valence-electron chi connectivity index (χ3n) is 5.10. The molecule has 0 fully saturated rings. The number of hydrogen-bond donors (Lipinski definition) is 0. The fourth-order valence-electron chi connectivity index (χ4n) is 3.42. The molecule has 0 spiro atoms. The van der Waals surface area contributed by atoms with Crippen LogP contribution in [0.4, 0.5) is 22.0 Å². The number of aromatic nitrogens is 6. The molecule has 37 heavy (non-hydrogen) atoms. The number of alkyl halides is 3. The van der Waals surface area contributed by atoms with Gasteiger partial charge in [0.15, 0.2) is 23.3 Å². The number of nitrogens with zero attached hydrogens (tertiary/aromatic N) is 6. The van der Waals surface area contributed by atoms with Crippen LogP contribution in [0.25, 0.3) is 17.1 Å². The van der Waals surface area contributed by atoms with Gasteiger partial charge < -0.3 is 4.74 Å². The smallest absolute Gasteiger partial charge is 0.390 e. The first-order chi connectivity index (χ1) is 17.5. The molecule has 0 bridgehead atoms. The number of carbonyl (C=O) groups is 1. The summed E-state index contributed by atoms with van der Waals surface area (Å²) >= 11 is 5.88. The molecule has 0 aliphatic rings. The van der Waals surface area contributed by atoms with Crippen molar-refractivity contribution < 1.29 is 31.5 Å². The van der Waals surface area contributed by atoms with Gasteiger partial charge in [0.05, 0.1) is 13.5 Å². The Morgan fingerprint density at radius 3 is 2.30 bits per heavy atom. The van der Waals surface area contributed by atoms with Crippen LogP contribution in [0.2, 0.25) is 5.02 Å². The molecule has 4 rings (SSSR count). The van der Waals surface area contributed by atoms with Crippen LogP contribution < -0.4 is 5.69 Å². The largest absolute Gasteiger partial charge is 0.463 e. The average Bonchev–Trinajstić information content (AvgIpc) is 3.38. The lowest BCUT2D eigenvalue weighted by molar-refractivity contribution is -0.136. The molecule has 0 N–H and O–H groups in total. The van der Waals surface area contributed by atoms with E-state index >= 15 is 0 Å². The molecule has 0 saturated heterocycles. The van der Waals surface area contributed by atoms with Crippen LogP contribution in [0.5, 0.6) is 0 Å². The van der Waals surface area contributed by atoms with Gasteiger partial charge in [-0.05, 0) is 36.4 Å². The zero-order chi connectivity index (χ0) is 26.9. The molecule has 0 saturated carbocycles. The van der Waals surface area contributed by atoms with Crippen molar-refractivity contribution in [1.82, 2.24) is 29.1 Å². The van der Waals surface area contributed by atoms with Crippen LogP contribution in [-0.4, -0.2) is 48.4 Å². The van der Waals surface area contributed by atoms with E-state index in [0.717, 1.165) is 34.6 Å². The molecule has 2 heterocycles. The van der Waals surface area contributed by atoms with Crippen LogP contribution >= 0.6 is 11.6 Å². The van der Waals surface area contributed by atoms with Gasteiger partial charge >= 0.3 is 17.8 Å². The number of ether oxygens (including phenoxy) is 1. The summed E-state index contributed by atoms with van der Waals surface area (Å²) in [7, 11) is 1.02. The Labute approximate surface area is 209 Å². The highest BCUT2D eigenvalue weighted by Crippen LogP contribution is 2.24. The van der Waals surface area contributed by atoms with Crippen LogP contribution in [0.15, 0.2) is 47.3 Å². The topological polar surface area (TPSA) is 96.8 Å². The minimum Gasteiger partial charge on any atom is -0.463 e. The van der Waals surface area contributed by atoms with Gasteiger partial charge in [0.25, 0.3) is 0 Å². The van der Waals surface area contributed by atoms with Crippen LogP contribution in [0.3, 0.4) is 0 Å². The number of hydrogen-bond acceptors (Lipinski definition) is 6. The van der Waals surface area contributed by atoms with Crippen molar-refractivity contribution in [2.45, 2.75) is 25.7 Å². The van der Waals surface area contributed by atoms with E-state index in [1.54, 1.807) is 0 Å². The van der Waals surface area contributed by atoms with Gasteiger partial charge in [0.1, 0.15) is 12.2 Å². The Kier molecular flexibility index (Phi) is 7.12. The maximum absolute atomic E-state index is 14.4. The number of rotatable bonds is 7. The molecule has 4 aromatic rings. The summed E-state index contributed by atoms with van der Waals surface area (Å²) in [4.78, 5) is 29.1. The second-order valence-electron chi connectivity index (χ2n) is 7.61. The Bertz CT molecular complexity index is 1490. The molecule has 0 aliphatic carbocycles. The Hall–Kier alpha value is -4.07. The highest BCUT2D eigenvalue weighted by atomic mass is 35.5. The molecule has 9 nitrogen and oxygen atoms in total. The van der Waals surface area contributed by atoms with E-state index in [1.807, 2.05) is 0 Å². The predicted octanol–water partition coefficient (Wildman–Crippen LogP) is 4.01. The molecule has 0 radical (unpaired) electrons. The molecule has 0 atom stereocenters. The lowest BCUT2D eigenvalue weighted by Gasteiger charge is -2.08. The first-order valence-electron chi connectivity index (χ1n) is 10.5. The van der Waals surface area contributed by atoms with E-state index in [1.165, 1.54) is 24.3 Å². The summed E-state index contributed by atoms with van der Waals surface area (Å²) in [5.74, 6) is -4.15. The average molecular weight is 543 g/mol. The second kappa shape index (κ2) is 10.1. The third kappa shape index (κ3) is 5.53. The minimum absolute atomic E-state index is 0.0845. The van der Waals surface area contributed by atoms with Gasteiger partial charge in [-0.2, -0.15) is 13.2 Å². The number of carbonyl (C=O) groups excluding carboxylic acids is 1. The monoisotopic (exact) mass is 542 g/mol. The SMILES string of the molecule is COC(=O)c1nc(Cn2nc(-c3ccc(Cl)cc3)n(CCC(F)(F)F)c2=O)nn1-c1c(F)cccc1F. The zero-order valence-corrected chi connectivity index (χ0v) is 19.6. The van der Waals surface area contributed by atoms with Crippen molar-refractivity contribution in [2.75, 3.05) is 7.11 Å². The van der Waals surface area contributed by atoms with Crippen LogP contribution in [-0.2, 0) is 17.8 Å². The molecule has 2 aromatic carbocycles. The number of methoxy groups -OCH3 is 1. The molecule has 0 aliphatic heterocycles. The fraction of sp³-hybridized carbons (Fsp3) is 0.227. The Morgan fingerprint density at radius 1 is 1.05 bits per heavy atom. The van der Waals surface area contributed by atoms with Gasteiger partial charge in [-0.1, -0.05) is 17.7 Å². The minimum atomic E-state index is -4.54. The standard InChI is InChI=1S/C22H16ClF5N6O3/c1-37-20(35)19-29-16(30-34(19)17-14(24)3-2-4-15(17)25)11-33-21(36)32(10-9-22(26,27)28)18(31-33)12-5-7-13(23)8-6-12/h2-8H,9-11H2,1H3. The van der Waals surface area contributed by atoms with E-state index in [-0.39, 0.29) is 11.6 Å². The predicted molar refractivity (Wildman–Crippen MR) is 119 cm³/mol. The lowest BCUT2D eigenvalue weighted by atomic mass is 10.2. The molecular weight excluding hydrogens is 527 g/mol. The second-order valence-corrected chi connectivity index (χ2v) is 8.05. The summed E-state index contributed by atoms with van der Waals surface area (Å²) in [5.41, 5.74) is -1.33. The molecule has 2 aromatic heterocycles. The van der Waals surface area contributed by atoms with Gasteiger partial charge in [-0.3, -0.25) is 4.57 Å². The summed E-state index contributed by atoms with van der Waals surface area (Å²) in [5, 5.41) is 8.41. The van der Waals surface area contributed by atoms with Crippen molar-refractivity contribution in [2.24, 2.45) is 0 Å². The van der Waals surface area contributed by atoms with Crippen LogP contribution in [0, 0.1) is 11.6 Å². The van der Waals surface area contributed by atoms with Crippen molar-refractivity contribution >= 4 is 17.6 Å². The highest BCUT2D eigenvalue weighted by Gasteiger charge is 2.29. The van der Waals surface area contributed by atoms with Gasteiger partial charge in [-0.25, -0.2) is 32.7 Å². The van der Waals surface area contributed by atoms with Crippen molar-refractivity contribution in [3.63, 3.8) is 0 Å². The maximum Gasteiger partial charge on any atom is 0.390 e.